The summed E-state index contributed by atoms with van der Waals surface area (Å²) in [4.78, 5) is 27.6. The van der Waals surface area contributed by atoms with E-state index in [-0.39, 0.29) is 19.1 Å². The van der Waals surface area contributed by atoms with Crippen molar-refractivity contribution in [1.29, 1.82) is 0 Å². The Labute approximate surface area is 372 Å². The summed E-state index contributed by atoms with van der Waals surface area (Å²) in [6.07, 6.45) is -1.57. The molecule has 0 aliphatic heterocycles. The van der Waals surface area contributed by atoms with Crippen LogP contribution in [0.4, 0.5) is 9.59 Å². The average Bonchev–Trinajstić information content (AvgIpc) is 4.01. The number of aromatic amines is 1. The highest BCUT2D eigenvalue weighted by atomic mass is 32.1. The van der Waals surface area contributed by atoms with E-state index >= 15 is 0 Å². The fourth-order valence-corrected chi connectivity index (χ4v) is 7.65. The Hall–Kier alpha value is -7.66. The number of nitrogens with zero attached hydrogens (tertiary/aromatic N) is 3. The zero-order chi connectivity index (χ0) is 45.3. The Morgan fingerprint density at radius 1 is 0.578 bits per heavy atom. The van der Waals surface area contributed by atoms with Gasteiger partial charge in [0.15, 0.2) is 23.0 Å². The smallest absolute Gasteiger partial charge is 0.497 e. The minimum Gasteiger partial charge on any atom is -0.497 e. The van der Waals surface area contributed by atoms with E-state index in [9.17, 15) is 9.59 Å². The van der Waals surface area contributed by atoms with E-state index in [4.69, 9.17) is 47.4 Å². The van der Waals surface area contributed by atoms with Gasteiger partial charge < -0.3 is 56.9 Å². The molecule has 0 saturated heterocycles. The van der Waals surface area contributed by atoms with E-state index in [0.717, 1.165) is 55.3 Å². The molecule has 3 heterocycles. The third-order valence-electron chi connectivity index (χ3n) is 10.1. The molecule has 0 fully saturated rings. The Balaban J connectivity index is 0.000000201. The number of H-pyrrole nitrogens is 1. The second-order valence-corrected chi connectivity index (χ2v) is 14.2. The van der Waals surface area contributed by atoms with Gasteiger partial charge in [-0.25, -0.2) is 9.59 Å². The maximum atomic E-state index is 12.6. The van der Waals surface area contributed by atoms with Gasteiger partial charge in [-0.1, -0.05) is 30.3 Å². The van der Waals surface area contributed by atoms with Gasteiger partial charge in [-0.3, -0.25) is 0 Å². The van der Waals surface area contributed by atoms with Crippen LogP contribution >= 0.6 is 11.7 Å². The maximum Gasteiger partial charge on any atom is 0.515 e. The van der Waals surface area contributed by atoms with Crippen LogP contribution in [0.2, 0.25) is 0 Å². The van der Waals surface area contributed by atoms with Gasteiger partial charge in [0, 0.05) is 22.9 Å². The quantitative estimate of drug-likeness (QED) is 0.102. The molecule has 8 rings (SSSR count). The molecule has 0 amide bonds. The third kappa shape index (κ3) is 9.24. The van der Waals surface area contributed by atoms with Crippen LogP contribution in [0.25, 0.3) is 55.1 Å². The lowest BCUT2D eigenvalue weighted by Gasteiger charge is -2.13. The average molecular weight is 891 g/mol. The molecule has 17 heteroatoms. The van der Waals surface area contributed by atoms with Gasteiger partial charge in [-0.05, 0) is 79.1 Å². The van der Waals surface area contributed by atoms with Crippen LogP contribution in [0, 0.1) is 0 Å². The highest BCUT2D eigenvalue weighted by molar-refractivity contribution is 7.00. The molecule has 8 aromatic rings. The zero-order valence-electron chi connectivity index (χ0n) is 36.4. The summed E-state index contributed by atoms with van der Waals surface area (Å²) >= 11 is 1.17. The lowest BCUT2D eigenvalue weighted by atomic mass is 10.0. The van der Waals surface area contributed by atoms with Gasteiger partial charge in [-0.15, -0.1) is 0 Å². The van der Waals surface area contributed by atoms with Gasteiger partial charge in [0.25, 0.3) is 0 Å². The van der Waals surface area contributed by atoms with Gasteiger partial charge in [0.05, 0.1) is 96.3 Å². The molecule has 0 aliphatic carbocycles. The molecule has 1 N–H and O–H groups in total. The fraction of sp³-hybridized carbons (Fsp3) is 0.234. The number of carbonyl (C=O) groups is 2. The molecule has 64 heavy (non-hydrogen) atoms. The molecular weight excluding hydrogens is 845 g/mol. The predicted molar refractivity (Wildman–Crippen MR) is 242 cm³/mol. The molecule has 5 aromatic carbocycles. The van der Waals surface area contributed by atoms with E-state index in [1.165, 1.54) is 11.7 Å². The summed E-state index contributed by atoms with van der Waals surface area (Å²) in [7, 11) is 9.52. The Bertz CT molecular complexity index is 2910. The largest absolute Gasteiger partial charge is 0.515 e. The summed E-state index contributed by atoms with van der Waals surface area (Å²) < 4.78 is 64.4. The number of ether oxygens (including phenoxy) is 10. The first-order chi connectivity index (χ1) is 31.2. The van der Waals surface area contributed by atoms with Crippen LogP contribution in [0.1, 0.15) is 19.4 Å². The van der Waals surface area contributed by atoms with Crippen LogP contribution < -0.4 is 37.9 Å². The number of hydrogen-bond donors (Lipinski definition) is 1. The van der Waals surface area contributed by atoms with Crippen molar-refractivity contribution < 1.29 is 57.0 Å². The number of fused-ring (bicyclic) bond motifs is 3. The van der Waals surface area contributed by atoms with E-state index in [0.29, 0.717) is 52.3 Å². The number of rotatable bonds is 14. The van der Waals surface area contributed by atoms with Crippen molar-refractivity contribution in [2.45, 2.75) is 20.4 Å². The Morgan fingerprint density at radius 3 is 1.69 bits per heavy atom. The summed E-state index contributed by atoms with van der Waals surface area (Å²) in [5, 5.41) is 1.63. The van der Waals surface area contributed by atoms with Crippen molar-refractivity contribution in [2.24, 2.45) is 0 Å². The number of nitrogens with one attached hydrogen (secondary N) is 1. The summed E-state index contributed by atoms with van der Waals surface area (Å²) in [5.41, 5.74) is 7.22. The molecule has 0 unspecified atom stereocenters. The second-order valence-electron chi connectivity index (χ2n) is 13.7. The minimum absolute atomic E-state index is 0.187. The number of aromatic nitrogens is 4. The van der Waals surface area contributed by atoms with Crippen LogP contribution in [-0.2, 0) is 16.0 Å². The van der Waals surface area contributed by atoms with Crippen LogP contribution in [0.5, 0.6) is 46.3 Å². The van der Waals surface area contributed by atoms with E-state index in [2.05, 4.69) is 13.7 Å². The molecule has 332 valence electrons. The molecule has 0 atom stereocenters. The SMILES string of the molecule is CCOC(=O)Oc1[nH]c2cc(OC)c(OC)cc2c1-c1ccc(OC)cc1.CCOC(=O)Oc1c(-c2ccc(OC)cc2)c2cc(OC)c(OC)cc2n1Cc1ccc2nsnc2c1. The predicted octanol–water partition coefficient (Wildman–Crippen LogP) is 10.3. The van der Waals surface area contributed by atoms with E-state index < -0.39 is 12.3 Å². The monoisotopic (exact) mass is 890 g/mol. The molecular formula is C47H46N4O12S. The maximum absolute atomic E-state index is 12.6. The topological polar surface area (TPSA) is 173 Å². The van der Waals surface area contributed by atoms with Gasteiger partial charge >= 0.3 is 12.3 Å². The van der Waals surface area contributed by atoms with Crippen LogP contribution in [-0.4, -0.2) is 86.5 Å². The van der Waals surface area contributed by atoms with Crippen molar-refractivity contribution >= 4 is 56.9 Å². The number of methoxy groups -OCH3 is 6. The minimum atomic E-state index is -0.792. The summed E-state index contributed by atoms with van der Waals surface area (Å²) in [6.45, 7) is 4.25. The Morgan fingerprint density at radius 2 is 1.11 bits per heavy atom. The molecule has 0 saturated carbocycles. The van der Waals surface area contributed by atoms with E-state index in [1.54, 1.807) is 62.6 Å². The first kappa shape index (κ1) is 44.4. The summed E-state index contributed by atoms with van der Waals surface area (Å²) in [6, 6.07) is 28.3. The molecule has 0 radical (unpaired) electrons. The molecule has 0 spiro atoms. The zero-order valence-corrected chi connectivity index (χ0v) is 37.2. The van der Waals surface area contributed by atoms with Gasteiger partial charge in [0.1, 0.15) is 22.5 Å². The molecule has 0 aliphatic rings. The first-order valence-corrected chi connectivity index (χ1v) is 20.6. The standard InChI is InChI=1S/C27H25N3O6S.C20H21NO6/c1-5-35-27(31)36-26-25(17-7-9-18(32-2)10-8-17)19-13-23(33-3)24(34-4)14-22(19)30(26)15-16-6-11-20-21(12-16)29-37-28-20;1-5-26-20(22)27-19-18(12-6-8-13(23-2)9-7-12)14-10-16(24-3)17(25-4)11-15(14)21-19/h6-14H,5,15H2,1-4H3;6-11,21H,5H2,1-4H3. The lowest BCUT2D eigenvalue weighted by Crippen LogP contribution is -2.14. The Kier molecular flexibility index (Phi) is 13.9. The summed E-state index contributed by atoms with van der Waals surface area (Å²) in [5.74, 6) is 4.30. The van der Waals surface area contributed by atoms with Crippen LogP contribution in [0.3, 0.4) is 0 Å². The van der Waals surface area contributed by atoms with Crippen molar-refractivity contribution in [3.8, 4) is 68.5 Å². The number of carbonyl (C=O) groups excluding carboxylic acids is 2. The molecule has 0 bridgehead atoms. The lowest BCUT2D eigenvalue weighted by molar-refractivity contribution is 0.101. The van der Waals surface area contributed by atoms with Gasteiger partial charge in [-0.2, -0.15) is 8.75 Å². The van der Waals surface area contributed by atoms with Gasteiger partial charge in [0.2, 0.25) is 11.8 Å². The van der Waals surface area contributed by atoms with Crippen molar-refractivity contribution in [1.82, 2.24) is 18.3 Å². The van der Waals surface area contributed by atoms with Crippen molar-refractivity contribution in [3.05, 3.63) is 96.6 Å². The number of benzene rings is 5. The first-order valence-electron chi connectivity index (χ1n) is 19.9. The fourth-order valence-electron chi connectivity index (χ4n) is 7.13. The molecule has 3 aromatic heterocycles. The second kappa shape index (κ2) is 20.0. The third-order valence-corrected chi connectivity index (χ3v) is 10.7. The van der Waals surface area contributed by atoms with Crippen LogP contribution in [0.15, 0.2) is 91.0 Å². The van der Waals surface area contributed by atoms with Crippen molar-refractivity contribution in [3.63, 3.8) is 0 Å². The highest BCUT2D eigenvalue weighted by Gasteiger charge is 2.26. The highest BCUT2D eigenvalue weighted by Crippen LogP contribution is 2.46. The molecule has 16 nitrogen and oxygen atoms in total. The van der Waals surface area contributed by atoms with Crippen molar-refractivity contribution in [2.75, 3.05) is 55.9 Å². The number of hydrogen-bond acceptors (Lipinski definition) is 15. The normalized spacial score (nSPS) is 10.8. The van der Waals surface area contributed by atoms with E-state index in [1.807, 2.05) is 89.5 Å².